The molecule has 0 aliphatic carbocycles. The van der Waals surface area contributed by atoms with Gasteiger partial charge in [0.2, 0.25) is 17.7 Å². The first-order valence-corrected chi connectivity index (χ1v) is 8.69. The second kappa shape index (κ2) is 6.31. The van der Waals surface area contributed by atoms with Gasteiger partial charge in [-0.2, -0.15) is 4.98 Å². The second-order valence-corrected chi connectivity index (χ2v) is 6.48. The quantitative estimate of drug-likeness (QED) is 0.927. The zero-order valence-corrected chi connectivity index (χ0v) is 14.1. The summed E-state index contributed by atoms with van der Waals surface area (Å²) < 4.78 is 5.21. The standard InChI is InChI=1S/C18H20N4O3/c1-2-16-20-17(21-25-16)14-8-5-9-22(14)18(24)12-10-15(23)19-13-7-4-3-6-11(12)13/h3-4,6-7,12,14H,2,5,8-10H2,1H3,(H,19,23)/t12-,14+/m0/s1. The highest BCUT2D eigenvalue weighted by Crippen LogP contribution is 2.38. The Balaban J connectivity index is 1.63. The topological polar surface area (TPSA) is 88.3 Å². The van der Waals surface area contributed by atoms with Gasteiger partial charge in [0.05, 0.1) is 12.0 Å². The summed E-state index contributed by atoms with van der Waals surface area (Å²) in [5, 5.41) is 6.89. The third-order valence-electron chi connectivity index (χ3n) is 4.92. The minimum absolute atomic E-state index is 0.0346. The number of benzene rings is 1. The van der Waals surface area contributed by atoms with Crippen molar-refractivity contribution in [2.24, 2.45) is 0 Å². The van der Waals surface area contributed by atoms with Crippen molar-refractivity contribution in [3.05, 3.63) is 41.5 Å². The van der Waals surface area contributed by atoms with Crippen LogP contribution in [0.1, 0.15) is 55.4 Å². The lowest BCUT2D eigenvalue weighted by molar-refractivity contribution is -0.136. The average molecular weight is 340 g/mol. The molecule has 2 amide bonds. The summed E-state index contributed by atoms with van der Waals surface area (Å²) in [6.45, 7) is 2.60. The Labute approximate surface area is 145 Å². The van der Waals surface area contributed by atoms with Gasteiger partial charge < -0.3 is 14.7 Å². The van der Waals surface area contributed by atoms with Crippen molar-refractivity contribution >= 4 is 17.5 Å². The van der Waals surface area contributed by atoms with Crippen LogP contribution in [-0.4, -0.2) is 33.4 Å². The van der Waals surface area contributed by atoms with Crippen LogP contribution in [0.15, 0.2) is 28.8 Å². The van der Waals surface area contributed by atoms with Gasteiger partial charge in [-0.15, -0.1) is 0 Å². The van der Waals surface area contributed by atoms with Crippen molar-refractivity contribution < 1.29 is 14.1 Å². The Morgan fingerprint density at radius 2 is 2.24 bits per heavy atom. The highest BCUT2D eigenvalue weighted by Gasteiger charge is 2.39. The zero-order chi connectivity index (χ0) is 17.4. The zero-order valence-electron chi connectivity index (χ0n) is 14.1. The fourth-order valence-electron chi connectivity index (χ4n) is 3.68. The molecular formula is C18H20N4O3. The molecule has 1 N–H and O–H groups in total. The summed E-state index contributed by atoms with van der Waals surface area (Å²) in [6.07, 6.45) is 2.55. The molecular weight excluding hydrogens is 320 g/mol. The SMILES string of the molecule is CCc1nc([C@H]2CCCN2C(=O)[C@H]2CC(=O)Nc3ccccc32)no1. The number of carbonyl (C=O) groups excluding carboxylic acids is 2. The number of likely N-dealkylation sites (tertiary alicyclic amines) is 1. The van der Waals surface area contributed by atoms with E-state index in [1.165, 1.54) is 0 Å². The van der Waals surface area contributed by atoms with E-state index in [4.69, 9.17) is 4.52 Å². The maximum absolute atomic E-state index is 13.2. The minimum atomic E-state index is -0.455. The number of nitrogens with one attached hydrogen (secondary N) is 1. The summed E-state index contributed by atoms with van der Waals surface area (Å²) in [4.78, 5) is 31.5. The van der Waals surface area contributed by atoms with Crippen molar-refractivity contribution in [2.45, 2.75) is 44.6 Å². The van der Waals surface area contributed by atoms with Crippen molar-refractivity contribution in [1.82, 2.24) is 15.0 Å². The third-order valence-corrected chi connectivity index (χ3v) is 4.92. The van der Waals surface area contributed by atoms with Gasteiger partial charge in [0.1, 0.15) is 0 Å². The lowest BCUT2D eigenvalue weighted by Crippen LogP contribution is -2.38. The van der Waals surface area contributed by atoms with E-state index < -0.39 is 5.92 Å². The van der Waals surface area contributed by atoms with E-state index in [-0.39, 0.29) is 24.3 Å². The normalized spacial score (nSPS) is 22.6. The van der Waals surface area contributed by atoms with Gasteiger partial charge in [0.15, 0.2) is 5.82 Å². The van der Waals surface area contributed by atoms with Crippen molar-refractivity contribution in [2.75, 3.05) is 11.9 Å². The first kappa shape index (κ1) is 15.8. The fraction of sp³-hybridized carbons (Fsp3) is 0.444. The molecule has 0 saturated carbocycles. The third kappa shape index (κ3) is 2.79. The molecule has 0 bridgehead atoms. The first-order chi connectivity index (χ1) is 12.2. The highest BCUT2D eigenvalue weighted by molar-refractivity contribution is 6.01. The van der Waals surface area contributed by atoms with Crippen LogP contribution in [0.4, 0.5) is 5.69 Å². The molecule has 7 nitrogen and oxygen atoms in total. The van der Waals surface area contributed by atoms with Gasteiger partial charge in [0.25, 0.3) is 0 Å². The highest BCUT2D eigenvalue weighted by atomic mass is 16.5. The van der Waals surface area contributed by atoms with E-state index in [1.54, 1.807) is 0 Å². The lowest BCUT2D eigenvalue weighted by Gasteiger charge is -2.30. The van der Waals surface area contributed by atoms with Crippen molar-refractivity contribution in [1.29, 1.82) is 0 Å². The Bertz CT molecular complexity index is 816. The molecule has 0 radical (unpaired) electrons. The first-order valence-electron chi connectivity index (χ1n) is 8.69. The molecule has 1 aromatic heterocycles. The van der Waals surface area contributed by atoms with Gasteiger partial charge in [-0.25, -0.2) is 0 Å². The molecule has 1 aromatic carbocycles. The molecule has 1 saturated heterocycles. The lowest BCUT2D eigenvalue weighted by atomic mass is 9.89. The number of carbonyl (C=O) groups is 2. The van der Waals surface area contributed by atoms with Gasteiger partial charge in [-0.1, -0.05) is 30.3 Å². The Morgan fingerprint density at radius 3 is 3.04 bits per heavy atom. The van der Waals surface area contributed by atoms with E-state index in [1.807, 2.05) is 36.1 Å². The molecule has 2 aliphatic rings. The molecule has 2 aromatic rings. The van der Waals surface area contributed by atoms with Crippen LogP contribution >= 0.6 is 0 Å². The number of rotatable bonds is 3. The smallest absolute Gasteiger partial charge is 0.231 e. The number of hydrogen-bond donors (Lipinski definition) is 1. The number of amides is 2. The van der Waals surface area contributed by atoms with E-state index >= 15 is 0 Å². The molecule has 25 heavy (non-hydrogen) atoms. The summed E-state index contributed by atoms with van der Waals surface area (Å²) in [5.41, 5.74) is 1.60. The number of hydrogen-bond acceptors (Lipinski definition) is 5. The van der Waals surface area contributed by atoms with Crippen LogP contribution in [0.3, 0.4) is 0 Å². The molecule has 2 atom stereocenters. The summed E-state index contributed by atoms with van der Waals surface area (Å²) in [5.74, 6) is 0.532. The van der Waals surface area contributed by atoms with E-state index in [0.717, 1.165) is 24.1 Å². The van der Waals surface area contributed by atoms with Crippen LogP contribution < -0.4 is 5.32 Å². The van der Waals surface area contributed by atoms with Crippen LogP contribution in [0.5, 0.6) is 0 Å². The summed E-state index contributed by atoms with van der Waals surface area (Å²) >= 11 is 0. The predicted molar refractivity (Wildman–Crippen MR) is 89.8 cm³/mol. The van der Waals surface area contributed by atoms with E-state index in [2.05, 4.69) is 15.5 Å². The molecule has 4 rings (SSSR count). The minimum Gasteiger partial charge on any atom is -0.339 e. The van der Waals surface area contributed by atoms with Crippen LogP contribution in [0, 0.1) is 0 Å². The van der Waals surface area contributed by atoms with Crippen molar-refractivity contribution in [3.8, 4) is 0 Å². The second-order valence-electron chi connectivity index (χ2n) is 6.48. The molecule has 3 heterocycles. The molecule has 130 valence electrons. The molecule has 2 aliphatic heterocycles. The molecule has 0 spiro atoms. The van der Waals surface area contributed by atoms with Crippen molar-refractivity contribution in [3.63, 3.8) is 0 Å². The van der Waals surface area contributed by atoms with Crippen LogP contribution in [0.25, 0.3) is 0 Å². The van der Waals surface area contributed by atoms with Gasteiger partial charge >= 0.3 is 0 Å². The summed E-state index contributed by atoms with van der Waals surface area (Å²) in [7, 11) is 0. The number of nitrogens with zero attached hydrogens (tertiary/aromatic N) is 3. The number of fused-ring (bicyclic) bond motifs is 1. The van der Waals surface area contributed by atoms with E-state index in [9.17, 15) is 9.59 Å². The van der Waals surface area contributed by atoms with Gasteiger partial charge in [-0.3, -0.25) is 9.59 Å². The molecule has 7 heteroatoms. The predicted octanol–water partition coefficient (Wildman–Crippen LogP) is 2.42. The Morgan fingerprint density at radius 1 is 1.40 bits per heavy atom. The number of aryl methyl sites for hydroxylation is 1. The average Bonchev–Trinajstić information content (AvgIpc) is 3.29. The van der Waals surface area contributed by atoms with Crippen LogP contribution in [-0.2, 0) is 16.0 Å². The fourth-order valence-corrected chi connectivity index (χ4v) is 3.68. The number of para-hydroxylation sites is 1. The van der Waals surface area contributed by atoms with Gasteiger partial charge in [0, 0.05) is 25.1 Å². The maximum atomic E-state index is 13.2. The van der Waals surface area contributed by atoms with Crippen LogP contribution in [0.2, 0.25) is 0 Å². The maximum Gasteiger partial charge on any atom is 0.231 e. The Kier molecular flexibility index (Phi) is 3.99. The van der Waals surface area contributed by atoms with Gasteiger partial charge in [-0.05, 0) is 24.5 Å². The monoisotopic (exact) mass is 340 g/mol. The number of anilines is 1. The number of aromatic nitrogens is 2. The largest absolute Gasteiger partial charge is 0.339 e. The molecule has 0 unspecified atom stereocenters. The summed E-state index contributed by atoms with van der Waals surface area (Å²) in [6, 6.07) is 7.32. The van der Waals surface area contributed by atoms with E-state index in [0.29, 0.717) is 24.7 Å². The molecule has 1 fully saturated rings. The Hall–Kier alpha value is -2.70.